The standard InChI is InChI=1S/C13H17FN2O2.C2H6/c14-12-6-9(5-11(18)8-17)7-16-13(12)10-1-3-15-4-2-10;1-2/h1,6-7,11,15,17-18H,2-5,8H2;1-2H3/t11-;/m1./s1. The van der Waals surface area contributed by atoms with Crippen LogP contribution in [0, 0.1) is 5.82 Å². The molecule has 0 aromatic carbocycles. The van der Waals surface area contributed by atoms with Crippen LogP contribution in [0.5, 0.6) is 0 Å². The van der Waals surface area contributed by atoms with Crippen molar-refractivity contribution in [2.24, 2.45) is 0 Å². The van der Waals surface area contributed by atoms with Gasteiger partial charge in [-0.1, -0.05) is 19.9 Å². The summed E-state index contributed by atoms with van der Waals surface area (Å²) in [5, 5.41) is 21.2. The van der Waals surface area contributed by atoms with Gasteiger partial charge in [0.05, 0.1) is 12.7 Å². The second-order valence-corrected chi connectivity index (χ2v) is 4.40. The summed E-state index contributed by atoms with van der Waals surface area (Å²) >= 11 is 0. The van der Waals surface area contributed by atoms with Crippen molar-refractivity contribution in [1.29, 1.82) is 0 Å². The SMILES string of the molecule is CC.OC[C@H](O)Cc1cnc(C2=CCNCC2)c(F)c1. The maximum atomic E-state index is 13.9. The van der Waals surface area contributed by atoms with Crippen LogP contribution in [0.1, 0.15) is 31.5 Å². The molecule has 2 rings (SSSR count). The molecule has 0 fully saturated rings. The van der Waals surface area contributed by atoms with E-state index in [4.69, 9.17) is 5.11 Å². The summed E-state index contributed by atoms with van der Waals surface area (Å²) in [6, 6.07) is 1.38. The average Bonchev–Trinajstić information content (AvgIpc) is 2.50. The monoisotopic (exact) mass is 282 g/mol. The lowest BCUT2D eigenvalue weighted by Crippen LogP contribution is -2.21. The molecule has 0 amide bonds. The predicted molar refractivity (Wildman–Crippen MR) is 77.8 cm³/mol. The number of aromatic nitrogens is 1. The fourth-order valence-corrected chi connectivity index (χ4v) is 2.00. The predicted octanol–water partition coefficient (Wildman–Crippen LogP) is 1.52. The van der Waals surface area contributed by atoms with Crippen molar-refractivity contribution in [3.63, 3.8) is 0 Å². The van der Waals surface area contributed by atoms with Crippen molar-refractivity contribution in [2.45, 2.75) is 32.8 Å². The Morgan fingerprint density at radius 3 is 2.75 bits per heavy atom. The topological polar surface area (TPSA) is 65.4 Å². The van der Waals surface area contributed by atoms with Crippen LogP contribution in [-0.2, 0) is 6.42 Å². The molecule has 2 heterocycles. The summed E-state index contributed by atoms with van der Waals surface area (Å²) in [7, 11) is 0. The minimum Gasteiger partial charge on any atom is -0.394 e. The van der Waals surface area contributed by atoms with Gasteiger partial charge in [0, 0.05) is 19.2 Å². The molecule has 0 saturated carbocycles. The number of nitrogens with zero attached hydrogens (tertiary/aromatic N) is 1. The van der Waals surface area contributed by atoms with E-state index in [0.717, 1.165) is 25.1 Å². The van der Waals surface area contributed by atoms with Crippen LogP contribution in [0.3, 0.4) is 0 Å². The molecule has 0 saturated heterocycles. The normalized spacial score (nSPS) is 15.9. The molecule has 1 aliphatic rings. The zero-order valence-electron chi connectivity index (χ0n) is 12.1. The third kappa shape index (κ3) is 4.67. The lowest BCUT2D eigenvalue weighted by atomic mass is 10.0. The van der Waals surface area contributed by atoms with E-state index < -0.39 is 6.10 Å². The second kappa shape index (κ2) is 8.79. The van der Waals surface area contributed by atoms with E-state index in [1.165, 1.54) is 6.07 Å². The molecule has 0 unspecified atom stereocenters. The zero-order chi connectivity index (χ0) is 15.0. The van der Waals surface area contributed by atoms with Gasteiger partial charge in [0.2, 0.25) is 0 Å². The van der Waals surface area contributed by atoms with Crippen LogP contribution in [0.15, 0.2) is 18.3 Å². The van der Waals surface area contributed by atoms with Crippen LogP contribution >= 0.6 is 0 Å². The van der Waals surface area contributed by atoms with E-state index in [-0.39, 0.29) is 18.8 Å². The molecule has 3 N–H and O–H groups in total. The quantitative estimate of drug-likeness (QED) is 0.783. The Bertz CT molecular complexity index is 449. The summed E-state index contributed by atoms with van der Waals surface area (Å²) in [6.45, 7) is 5.24. The maximum Gasteiger partial charge on any atom is 0.149 e. The number of rotatable bonds is 4. The van der Waals surface area contributed by atoms with Crippen LogP contribution in [-0.4, -0.2) is 41.0 Å². The Balaban J connectivity index is 0.000000956. The van der Waals surface area contributed by atoms with Crippen LogP contribution < -0.4 is 5.32 Å². The molecule has 1 aromatic rings. The van der Waals surface area contributed by atoms with Gasteiger partial charge in [-0.2, -0.15) is 0 Å². The molecule has 1 aromatic heterocycles. The molecule has 0 spiro atoms. The fraction of sp³-hybridized carbons (Fsp3) is 0.533. The Morgan fingerprint density at radius 1 is 1.45 bits per heavy atom. The Labute approximate surface area is 119 Å². The third-order valence-corrected chi connectivity index (χ3v) is 2.95. The molecule has 4 nitrogen and oxygen atoms in total. The summed E-state index contributed by atoms with van der Waals surface area (Å²) in [4.78, 5) is 4.13. The van der Waals surface area contributed by atoms with E-state index in [9.17, 15) is 9.50 Å². The number of hydrogen-bond acceptors (Lipinski definition) is 4. The molecular weight excluding hydrogens is 259 g/mol. The highest BCUT2D eigenvalue weighted by Crippen LogP contribution is 2.21. The largest absolute Gasteiger partial charge is 0.394 e. The van der Waals surface area contributed by atoms with Crippen molar-refractivity contribution in [2.75, 3.05) is 19.7 Å². The maximum absolute atomic E-state index is 13.9. The van der Waals surface area contributed by atoms with Gasteiger partial charge < -0.3 is 15.5 Å². The molecule has 1 aliphatic heterocycles. The number of nitrogens with one attached hydrogen (secondary N) is 1. The van der Waals surface area contributed by atoms with E-state index >= 15 is 0 Å². The van der Waals surface area contributed by atoms with Crippen molar-refractivity contribution in [1.82, 2.24) is 10.3 Å². The van der Waals surface area contributed by atoms with E-state index in [0.29, 0.717) is 11.3 Å². The smallest absolute Gasteiger partial charge is 0.149 e. The van der Waals surface area contributed by atoms with Crippen LogP contribution in [0.2, 0.25) is 0 Å². The van der Waals surface area contributed by atoms with Crippen LogP contribution in [0.4, 0.5) is 4.39 Å². The molecule has 0 bridgehead atoms. The molecule has 0 radical (unpaired) electrons. The molecular formula is C15H23FN2O2. The van der Waals surface area contributed by atoms with Crippen molar-refractivity contribution in [3.8, 4) is 0 Å². The number of hydrogen-bond donors (Lipinski definition) is 3. The highest BCUT2D eigenvalue weighted by atomic mass is 19.1. The number of pyridine rings is 1. The van der Waals surface area contributed by atoms with Gasteiger partial charge in [0.1, 0.15) is 11.5 Å². The zero-order valence-corrected chi connectivity index (χ0v) is 12.1. The molecule has 0 aliphatic carbocycles. The van der Waals surface area contributed by atoms with Gasteiger partial charge in [0.15, 0.2) is 0 Å². The molecule has 112 valence electrons. The van der Waals surface area contributed by atoms with Gasteiger partial charge in [0.25, 0.3) is 0 Å². The highest BCUT2D eigenvalue weighted by molar-refractivity contribution is 5.64. The number of halogens is 1. The summed E-state index contributed by atoms with van der Waals surface area (Å²) in [6.07, 6.45) is 3.61. The number of aliphatic hydroxyl groups is 2. The van der Waals surface area contributed by atoms with E-state index in [1.807, 2.05) is 19.9 Å². The first-order valence-electron chi connectivity index (χ1n) is 7.04. The first-order valence-corrected chi connectivity index (χ1v) is 7.04. The average molecular weight is 282 g/mol. The highest BCUT2D eigenvalue weighted by Gasteiger charge is 2.13. The van der Waals surface area contributed by atoms with E-state index in [2.05, 4.69) is 10.3 Å². The van der Waals surface area contributed by atoms with Crippen LogP contribution in [0.25, 0.3) is 5.57 Å². The Hall–Kier alpha value is -1.30. The lowest BCUT2D eigenvalue weighted by Gasteiger charge is -2.14. The van der Waals surface area contributed by atoms with E-state index in [1.54, 1.807) is 6.20 Å². The van der Waals surface area contributed by atoms with Crippen molar-refractivity contribution in [3.05, 3.63) is 35.4 Å². The Kier molecular flexibility index (Phi) is 7.36. The molecule has 20 heavy (non-hydrogen) atoms. The first-order chi connectivity index (χ1) is 9.70. The van der Waals surface area contributed by atoms with Gasteiger partial charge in [-0.05, 0) is 30.2 Å². The fourth-order valence-electron chi connectivity index (χ4n) is 2.00. The summed E-state index contributed by atoms with van der Waals surface area (Å²) in [5.74, 6) is -0.370. The van der Waals surface area contributed by atoms with Gasteiger partial charge in [-0.15, -0.1) is 0 Å². The second-order valence-electron chi connectivity index (χ2n) is 4.40. The summed E-state index contributed by atoms with van der Waals surface area (Å²) in [5.41, 5.74) is 1.89. The first kappa shape index (κ1) is 16.8. The third-order valence-electron chi connectivity index (χ3n) is 2.95. The van der Waals surface area contributed by atoms with Gasteiger partial charge in [-0.25, -0.2) is 4.39 Å². The van der Waals surface area contributed by atoms with Crippen molar-refractivity contribution >= 4 is 5.57 Å². The van der Waals surface area contributed by atoms with Gasteiger partial charge >= 0.3 is 0 Å². The lowest BCUT2D eigenvalue weighted by molar-refractivity contribution is 0.0954. The Morgan fingerprint density at radius 2 is 2.20 bits per heavy atom. The summed E-state index contributed by atoms with van der Waals surface area (Å²) < 4.78 is 13.9. The molecule has 1 atom stereocenters. The van der Waals surface area contributed by atoms with Crippen molar-refractivity contribution < 1.29 is 14.6 Å². The minimum atomic E-state index is -0.866. The minimum absolute atomic E-state index is 0.210. The molecule has 5 heteroatoms. The number of aliphatic hydroxyl groups excluding tert-OH is 2. The van der Waals surface area contributed by atoms with Gasteiger partial charge in [-0.3, -0.25) is 4.98 Å².